The maximum Gasteiger partial charge on any atom is 0.185 e. The fourth-order valence-electron chi connectivity index (χ4n) is 2.67. The fraction of sp³-hybridized carbons (Fsp3) is 0.389. The van der Waals surface area contributed by atoms with Crippen molar-refractivity contribution in [2.45, 2.75) is 38.5 Å². The molecule has 0 aromatic heterocycles. The van der Waals surface area contributed by atoms with E-state index in [0.717, 1.165) is 12.8 Å². The minimum absolute atomic E-state index is 0.0904. The molecule has 1 fully saturated rings. The number of benzene rings is 1. The van der Waals surface area contributed by atoms with Gasteiger partial charge in [-0.05, 0) is 18.1 Å². The van der Waals surface area contributed by atoms with Crippen molar-refractivity contribution >= 4 is 5.78 Å². The highest BCUT2D eigenvalue weighted by Crippen LogP contribution is 2.29. The van der Waals surface area contributed by atoms with Gasteiger partial charge in [0.05, 0.1) is 0 Å². The van der Waals surface area contributed by atoms with Crippen LogP contribution in [0.4, 0.5) is 4.39 Å². The monoisotopic (exact) mass is 272 g/mol. The topological polar surface area (TPSA) is 17.1 Å². The van der Waals surface area contributed by atoms with Gasteiger partial charge in [-0.2, -0.15) is 0 Å². The van der Waals surface area contributed by atoms with E-state index in [2.05, 4.69) is 0 Å². The second-order valence-electron chi connectivity index (χ2n) is 5.41. The third-order valence-electron chi connectivity index (χ3n) is 3.79. The number of carbonyl (C=O) groups is 1. The summed E-state index contributed by atoms with van der Waals surface area (Å²) < 4.78 is 13.7. The Morgan fingerprint density at radius 1 is 1.15 bits per heavy atom. The van der Waals surface area contributed by atoms with E-state index in [0.29, 0.717) is 17.9 Å². The first-order chi connectivity index (χ1) is 9.75. The summed E-state index contributed by atoms with van der Waals surface area (Å²) in [7, 11) is 0. The van der Waals surface area contributed by atoms with E-state index < -0.39 is 0 Å². The van der Waals surface area contributed by atoms with Crippen LogP contribution >= 0.6 is 0 Å². The van der Waals surface area contributed by atoms with Gasteiger partial charge in [-0.3, -0.25) is 4.79 Å². The molecule has 106 valence electrons. The van der Waals surface area contributed by atoms with Gasteiger partial charge in [0.15, 0.2) is 5.78 Å². The largest absolute Gasteiger partial charge is 0.289 e. The molecular formula is C18H21FO. The van der Waals surface area contributed by atoms with Gasteiger partial charge < -0.3 is 0 Å². The predicted octanol–water partition coefficient (Wildman–Crippen LogP) is 5.25. The summed E-state index contributed by atoms with van der Waals surface area (Å²) in [4.78, 5) is 11.8. The number of rotatable bonds is 5. The SMILES string of the molecule is O=C(/C=C/C=C(/F)CC1CCCCC1)c1ccccc1. The predicted molar refractivity (Wildman–Crippen MR) is 80.3 cm³/mol. The van der Waals surface area contributed by atoms with Crippen LogP contribution < -0.4 is 0 Å². The van der Waals surface area contributed by atoms with E-state index in [-0.39, 0.29) is 11.6 Å². The van der Waals surface area contributed by atoms with Crippen LogP contribution in [0.3, 0.4) is 0 Å². The van der Waals surface area contributed by atoms with Gasteiger partial charge in [-0.25, -0.2) is 4.39 Å². The van der Waals surface area contributed by atoms with E-state index in [9.17, 15) is 9.18 Å². The Bertz CT molecular complexity index is 481. The first-order valence-corrected chi connectivity index (χ1v) is 7.38. The summed E-state index contributed by atoms with van der Waals surface area (Å²) in [5, 5.41) is 0. The lowest BCUT2D eigenvalue weighted by atomic mass is 9.86. The zero-order valence-corrected chi connectivity index (χ0v) is 11.7. The lowest BCUT2D eigenvalue weighted by Gasteiger charge is -2.20. The van der Waals surface area contributed by atoms with Crippen LogP contribution in [0, 0.1) is 5.92 Å². The number of hydrogen-bond acceptors (Lipinski definition) is 1. The minimum Gasteiger partial charge on any atom is -0.289 e. The van der Waals surface area contributed by atoms with Crippen LogP contribution in [0.5, 0.6) is 0 Å². The van der Waals surface area contributed by atoms with Crippen LogP contribution in [0.2, 0.25) is 0 Å². The maximum absolute atomic E-state index is 13.7. The Labute approximate surface area is 120 Å². The molecule has 0 radical (unpaired) electrons. The van der Waals surface area contributed by atoms with Gasteiger partial charge in [0, 0.05) is 12.0 Å². The molecule has 0 saturated heterocycles. The molecule has 2 heteroatoms. The third-order valence-corrected chi connectivity index (χ3v) is 3.79. The normalized spacial score (nSPS) is 17.6. The summed E-state index contributed by atoms with van der Waals surface area (Å²) >= 11 is 0. The highest BCUT2D eigenvalue weighted by Gasteiger charge is 2.14. The van der Waals surface area contributed by atoms with Crippen molar-refractivity contribution < 1.29 is 9.18 Å². The molecule has 1 nitrogen and oxygen atoms in total. The molecule has 1 aliphatic carbocycles. The Hall–Kier alpha value is -1.70. The van der Waals surface area contributed by atoms with Crippen molar-refractivity contribution in [1.82, 2.24) is 0 Å². The smallest absolute Gasteiger partial charge is 0.185 e. The summed E-state index contributed by atoms with van der Waals surface area (Å²) in [5.41, 5.74) is 0.629. The van der Waals surface area contributed by atoms with Crippen LogP contribution in [0.25, 0.3) is 0 Å². The molecule has 0 bridgehead atoms. The summed E-state index contributed by atoms with van der Waals surface area (Å²) in [6, 6.07) is 9.02. The minimum atomic E-state index is -0.117. The van der Waals surface area contributed by atoms with Crippen molar-refractivity contribution in [3.8, 4) is 0 Å². The highest BCUT2D eigenvalue weighted by atomic mass is 19.1. The second kappa shape index (κ2) is 7.78. The summed E-state index contributed by atoms with van der Waals surface area (Å²) in [6.07, 6.45) is 10.9. The first kappa shape index (κ1) is 14.7. The van der Waals surface area contributed by atoms with Crippen molar-refractivity contribution in [2.75, 3.05) is 0 Å². The van der Waals surface area contributed by atoms with Gasteiger partial charge in [0.2, 0.25) is 0 Å². The average molecular weight is 272 g/mol. The lowest BCUT2D eigenvalue weighted by Crippen LogP contribution is -2.05. The third kappa shape index (κ3) is 4.76. The number of allylic oxidation sites excluding steroid dienone is 4. The molecule has 0 spiro atoms. The first-order valence-electron chi connectivity index (χ1n) is 7.38. The summed E-state index contributed by atoms with van der Waals surface area (Å²) in [6.45, 7) is 0. The Morgan fingerprint density at radius 2 is 1.85 bits per heavy atom. The van der Waals surface area contributed by atoms with Crippen molar-refractivity contribution in [3.63, 3.8) is 0 Å². The Morgan fingerprint density at radius 3 is 2.55 bits per heavy atom. The zero-order chi connectivity index (χ0) is 14.2. The molecule has 0 unspecified atom stereocenters. The quantitative estimate of drug-likeness (QED) is 0.406. The molecular weight excluding hydrogens is 251 g/mol. The molecule has 1 saturated carbocycles. The second-order valence-corrected chi connectivity index (χ2v) is 5.41. The lowest BCUT2D eigenvalue weighted by molar-refractivity contribution is 0.104. The molecule has 20 heavy (non-hydrogen) atoms. The number of ketones is 1. The standard InChI is InChI=1S/C18H21FO/c19-17(14-15-8-3-1-4-9-15)12-7-13-18(20)16-10-5-2-6-11-16/h2,5-7,10-13,15H,1,3-4,8-9,14H2/b13-7+,17-12+. The molecule has 0 heterocycles. The van der Waals surface area contributed by atoms with Crippen molar-refractivity contribution in [3.05, 3.63) is 60.0 Å². The van der Waals surface area contributed by atoms with Crippen LogP contribution in [0.1, 0.15) is 48.9 Å². The molecule has 0 aliphatic heterocycles. The molecule has 1 aromatic carbocycles. The highest BCUT2D eigenvalue weighted by molar-refractivity contribution is 6.04. The van der Waals surface area contributed by atoms with Crippen LogP contribution in [0.15, 0.2) is 54.4 Å². The Kier molecular flexibility index (Phi) is 5.72. The van der Waals surface area contributed by atoms with Gasteiger partial charge in [0.25, 0.3) is 0 Å². The van der Waals surface area contributed by atoms with Gasteiger partial charge in [-0.1, -0.05) is 68.5 Å². The number of halogens is 1. The van der Waals surface area contributed by atoms with E-state index in [1.54, 1.807) is 12.1 Å². The molecule has 1 aromatic rings. The fourth-order valence-corrected chi connectivity index (χ4v) is 2.67. The molecule has 0 amide bonds. The van der Waals surface area contributed by atoms with E-state index in [1.807, 2.05) is 18.2 Å². The zero-order valence-electron chi connectivity index (χ0n) is 11.7. The maximum atomic E-state index is 13.7. The van der Waals surface area contributed by atoms with Gasteiger partial charge in [-0.15, -0.1) is 0 Å². The number of carbonyl (C=O) groups excluding carboxylic acids is 1. The van der Waals surface area contributed by atoms with Gasteiger partial charge >= 0.3 is 0 Å². The van der Waals surface area contributed by atoms with Crippen molar-refractivity contribution in [2.24, 2.45) is 5.92 Å². The molecule has 0 N–H and O–H groups in total. The molecule has 1 aliphatic rings. The van der Waals surface area contributed by atoms with Crippen molar-refractivity contribution in [1.29, 1.82) is 0 Å². The summed E-state index contributed by atoms with van der Waals surface area (Å²) in [5.74, 6) is 0.277. The van der Waals surface area contributed by atoms with E-state index in [4.69, 9.17) is 0 Å². The van der Waals surface area contributed by atoms with E-state index >= 15 is 0 Å². The Balaban J connectivity index is 1.84. The number of hydrogen-bond donors (Lipinski definition) is 0. The van der Waals surface area contributed by atoms with Crippen LogP contribution in [-0.2, 0) is 0 Å². The molecule has 0 atom stereocenters. The average Bonchev–Trinajstić information content (AvgIpc) is 2.49. The molecule has 2 rings (SSSR count). The van der Waals surface area contributed by atoms with Gasteiger partial charge in [0.1, 0.15) is 5.83 Å². The van der Waals surface area contributed by atoms with Crippen LogP contribution in [-0.4, -0.2) is 5.78 Å². The van der Waals surface area contributed by atoms with E-state index in [1.165, 1.54) is 37.5 Å².